The molecule has 10 nitrogen and oxygen atoms in total. The molecule has 1 amide bonds. The zero-order valence-corrected chi connectivity index (χ0v) is 16.3. The van der Waals surface area contributed by atoms with Crippen LogP contribution in [0.4, 0.5) is 4.79 Å². The smallest absolute Gasteiger partial charge is 0.409 e. The van der Waals surface area contributed by atoms with E-state index >= 15 is 0 Å². The minimum Gasteiger partial charge on any atom is -0.417 e. The number of carbonyl (C=O) groups is 1. The lowest BCUT2D eigenvalue weighted by atomic mass is 10.5. The van der Waals surface area contributed by atoms with Gasteiger partial charge in [-0.25, -0.2) is 4.79 Å². The summed E-state index contributed by atoms with van der Waals surface area (Å²) in [6.45, 7) is 3.83. The normalized spacial score (nSPS) is 21.6. The molecule has 153 valence electrons. The molecule has 11 heteroatoms. The average Bonchev–Trinajstić information content (AvgIpc) is 2.65. The predicted molar refractivity (Wildman–Crippen MR) is 91.9 cm³/mol. The summed E-state index contributed by atoms with van der Waals surface area (Å²) in [6, 6.07) is 0.519. The molecule has 0 spiro atoms. The van der Waals surface area contributed by atoms with Crippen molar-refractivity contribution in [2.24, 2.45) is 0 Å². The topological polar surface area (TPSA) is 114 Å². The highest BCUT2D eigenvalue weighted by atomic mass is 28.3. The lowest BCUT2D eigenvalue weighted by Gasteiger charge is -2.19. The molecule has 1 unspecified atom stereocenters. The van der Waals surface area contributed by atoms with Gasteiger partial charge in [0.2, 0.25) is 6.29 Å². The van der Waals surface area contributed by atoms with Gasteiger partial charge in [-0.15, -0.1) is 0 Å². The Hall–Kier alpha value is -0.793. The second-order valence-electron chi connectivity index (χ2n) is 5.25. The van der Waals surface area contributed by atoms with Crippen LogP contribution in [0.5, 0.6) is 0 Å². The van der Waals surface area contributed by atoms with Crippen molar-refractivity contribution >= 4 is 15.4 Å². The van der Waals surface area contributed by atoms with Gasteiger partial charge < -0.3 is 43.0 Å². The molecular formula is C15H30NO9Si. The minimum absolute atomic E-state index is 0.0980. The fourth-order valence-electron chi connectivity index (χ4n) is 1.89. The van der Waals surface area contributed by atoms with E-state index in [1.165, 1.54) is 7.11 Å². The molecular weight excluding hydrogens is 366 g/mol. The van der Waals surface area contributed by atoms with Crippen molar-refractivity contribution in [2.45, 2.75) is 18.8 Å². The highest BCUT2D eigenvalue weighted by Crippen LogP contribution is 2.00. The van der Waals surface area contributed by atoms with Gasteiger partial charge in [-0.2, -0.15) is 0 Å². The predicted octanol–water partition coefficient (Wildman–Crippen LogP) is -0.348. The van der Waals surface area contributed by atoms with Crippen LogP contribution in [0, 0.1) is 0 Å². The summed E-state index contributed by atoms with van der Waals surface area (Å²) >= 11 is 0. The number of alkyl carbamates (subject to hydrolysis) is 1. The maximum Gasteiger partial charge on any atom is 0.409 e. The molecule has 1 heterocycles. The van der Waals surface area contributed by atoms with Crippen LogP contribution < -0.4 is 5.32 Å². The van der Waals surface area contributed by atoms with E-state index in [0.717, 1.165) is 0 Å². The van der Waals surface area contributed by atoms with Gasteiger partial charge in [0, 0.05) is 13.7 Å². The molecule has 0 saturated carbocycles. The molecule has 0 aromatic carbocycles. The summed E-state index contributed by atoms with van der Waals surface area (Å²) in [4.78, 5) is 21.2. The van der Waals surface area contributed by atoms with Crippen LogP contribution in [0.15, 0.2) is 0 Å². The van der Waals surface area contributed by atoms with Crippen molar-refractivity contribution in [2.75, 3.05) is 73.1 Å². The zero-order valence-electron chi connectivity index (χ0n) is 15.3. The summed E-state index contributed by atoms with van der Waals surface area (Å²) in [7, 11) is -0.293. The Bertz CT molecular complexity index is 335. The zero-order chi connectivity index (χ0) is 18.9. The van der Waals surface area contributed by atoms with Gasteiger partial charge in [-0.3, -0.25) is 0 Å². The molecule has 0 aromatic rings. The van der Waals surface area contributed by atoms with Gasteiger partial charge in [0.1, 0.15) is 6.61 Å². The first-order valence-electron chi connectivity index (χ1n) is 8.68. The second-order valence-corrected chi connectivity index (χ2v) is 6.94. The Kier molecular flexibility index (Phi) is 14.7. The van der Waals surface area contributed by atoms with Crippen molar-refractivity contribution in [3.05, 3.63) is 0 Å². The molecule has 1 rings (SSSR count). The maximum absolute atomic E-state index is 11.8. The lowest BCUT2D eigenvalue weighted by molar-refractivity contribution is -0.149. The van der Waals surface area contributed by atoms with Gasteiger partial charge in [-0.1, -0.05) is 0 Å². The Balaban J connectivity index is 2.26. The second kappa shape index (κ2) is 16.4. The van der Waals surface area contributed by atoms with Crippen molar-refractivity contribution in [3.8, 4) is 0 Å². The van der Waals surface area contributed by atoms with Gasteiger partial charge >= 0.3 is 15.4 Å². The molecule has 0 bridgehead atoms. The minimum atomic E-state index is -1.76. The van der Waals surface area contributed by atoms with Gasteiger partial charge in [-0.05, 0) is 12.5 Å². The summed E-state index contributed by atoms with van der Waals surface area (Å²) in [5.74, 6) is 0. The number of carbonyl (C=O) groups excluding carboxylic acids is 1. The van der Waals surface area contributed by atoms with E-state index in [1.807, 2.05) is 0 Å². The van der Waals surface area contributed by atoms with E-state index in [9.17, 15) is 9.59 Å². The molecule has 1 aliphatic heterocycles. The Labute approximate surface area is 155 Å². The quantitative estimate of drug-likeness (QED) is 0.459. The van der Waals surface area contributed by atoms with Crippen LogP contribution in [0.25, 0.3) is 0 Å². The third-order valence-electron chi connectivity index (χ3n) is 3.21. The van der Waals surface area contributed by atoms with Gasteiger partial charge in [0.05, 0.1) is 52.9 Å². The van der Waals surface area contributed by atoms with Crippen molar-refractivity contribution in [1.82, 2.24) is 5.32 Å². The molecule has 1 saturated heterocycles. The summed E-state index contributed by atoms with van der Waals surface area (Å²) < 4.78 is 36.9. The van der Waals surface area contributed by atoms with E-state index in [1.54, 1.807) is 0 Å². The van der Waals surface area contributed by atoms with E-state index in [4.69, 9.17) is 32.8 Å². The molecule has 1 aliphatic rings. The Morgan fingerprint density at radius 2 is 1.62 bits per heavy atom. The number of hydrogen-bond donors (Lipinski definition) is 2. The van der Waals surface area contributed by atoms with Gasteiger partial charge in [0.25, 0.3) is 0 Å². The standard InChI is InChI=1S/C15H30NO9Si/c1-19-26(18)12-2-3-16-15(17)25-14-13-23-9-8-21-5-4-20-6-7-22-10-11-24-14/h14,18H,2-13H2,1H3,(H,16,17). The van der Waals surface area contributed by atoms with E-state index in [2.05, 4.69) is 5.32 Å². The van der Waals surface area contributed by atoms with Crippen molar-refractivity contribution < 1.29 is 42.4 Å². The van der Waals surface area contributed by atoms with E-state index in [-0.39, 0.29) is 13.2 Å². The van der Waals surface area contributed by atoms with E-state index < -0.39 is 21.7 Å². The number of hydrogen-bond acceptors (Lipinski definition) is 9. The molecule has 0 aliphatic carbocycles. The monoisotopic (exact) mass is 396 g/mol. The van der Waals surface area contributed by atoms with Crippen molar-refractivity contribution in [3.63, 3.8) is 0 Å². The number of rotatable bonds is 6. The molecule has 1 radical (unpaired) electrons. The molecule has 2 N–H and O–H groups in total. The number of nitrogens with one attached hydrogen (secondary N) is 1. The fourth-order valence-corrected chi connectivity index (χ4v) is 2.57. The molecule has 1 atom stereocenters. The van der Waals surface area contributed by atoms with Crippen LogP contribution in [-0.2, 0) is 32.8 Å². The summed E-state index contributed by atoms with van der Waals surface area (Å²) in [5.41, 5.74) is 0. The third kappa shape index (κ3) is 13.4. The first kappa shape index (κ1) is 23.2. The lowest BCUT2D eigenvalue weighted by Crippen LogP contribution is -2.34. The van der Waals surface area contributed by atoms with Crippen molar-refractivity contribution in [1.29, 1.82) is 0 Å². The molecule has 1 fully saturated rings. The molecule has 26 heavy (non-hydrogen) atoms. The molecule has 0 aromatic heterocycles. The maximum atomic E-state index is 11.8. The SMILES string of the molecule is CO[Si](O)CCCNC(=O)OC1COCCOCCOCCOCCO1. The van der Waals surface area contributed by atoms with Gasteiger partial charge in [0.15, 0.2) is 0 Å². The Morgan fingerprint density at radius 1 is 1.04 bits per heavy atom. The van der Waals surface area contributed by atoms with E-state index in [0.29, 0.717) is 65.3 Å². The summed E-state index contributed by atoms with van der Waals surface area (Å²) in [5, 5.41) is 2.60. The number of ether oxygens (including phenoxy) is 6. The third-order valence-corrected chi connectivity index (χ3v) is 4.46. The van der Waals surface area contributed by atoms with Crippen LogP contribution in [0.1, 0.15) is 6.42 Å². The first-order valence-corrected chi connectivity index (χ1v) is 10.2. The highest BCUT2D eigenvalue weighted by molar-refractivity contribution is 6.42. The first-order chi connectivity index (χ1) is 12.7. The average molecular weight is 396 g/mol. The van der Waals surface area contributed by atoms with Crippen LogP contribution >= 0.6 is 0 Å². The fraction of sp³-hybridized carbons (Fsp3) is 0.933. The summed E-state index contributed by atoms with van der Waals surface area (Å²) in [6.07, 6.45) is -0.842. The highest BCUT2D eigenvalue weighted by Gasteiger charge is 2.16. The number of amides is 1. The van der Waals surface area contributed by atoms with Crippen LogP contribution in [-0.4, -0.2) is 99.6 Å². The Morgan fingerprint density at radius 3 is 2.23 bits per heavy atom. The van der Waals surface area contributed by atoms with Crippen LogP contribution in [0.3, 0.4) is 0 Å². The van der Waals surface area contributed by atoms with Crippen LogP contribution in [0.2, 0.25) is 6.04 Å². The largest absolute Gasteiger partial charge is 0.417 e.